The Morgan fingerprint density at radius 2 is 2.14 bits per heavy atom. The molecule has 4 rings (SSSR count). The molecule has 0 amide bonds. The molecule has 0 saturated heterocycles. The third-order valence-electron chi connectivity index (χ3n) is 4.62. The van der Waals surface area contributed by atoms with Crippen LogP contribution in [-0.2, 0) is 16.4 Å². The van der Waals surface area contributed by atoms with Crippen molar-refractivity contribution < 1.29 is 18.3 Å². The molecule has 1 aromatic heterocycles. The largest absolute Gasteiger partial charge is 0.497 e. The zero-order chi connectivity index (χ0) is 20.1. The molecule has 2 aromatic carbocycles. The highest BCUT2D eigenvalue weighted by atomic mass is 35.5. The van der Waals surface area contributed by atoms with Crippen molar-refractivity contribution in [2.45, 2.75) is 24.5 Å². The zero-order valence-corrected chi connectivity index (χ0v) is 17.5. The summed E-state index contributed by atoms with van der Waals surface area (Å²) < 4.78 is 34.4. The fourth-order valence-electron chi connectivity index (χ4n) is 3.25. The van der Waals surface area contributed by atoms with Gasteiger partial charge in [-0.25, -0.2) is 13.4 Å². The Morgan fingerprint density at radius 3 is 2.86 bits per heavy atom. The van der Waals surface area contributed by atoms with Crippen molar-refractivity contribution in [3.8, 4) is 5.75 Å². The van der Waals surface area contributed by atoms with Gasteiger partial charge < -0.3 is 14.7 Å². The van der Waals surface area contributed by atoms with E-state index in [4.69, 9.17) is 16.3 Å². The Labute approximate surface area is 171 Å². The molecule has 1 aliphatic heterocycles. The lowest BCUT2D eigenvalue weighted by atomic mass is 10.2. The lowest BCUT2D eigenvalue weighted by Gasteiger charge is -2.23. The van der Waals surface area contributed by atoms with Crippen LogP contribution in [0.25, 0.3) is 10.2 Å². The first kappa shape index (κ1) is 19.3. The van der Waals surface area contributed by atoms with Crippen LogP contribution < -0.4 is 14.4 Å². The van der Waals surface area contributed by atoms with Crippen LogP contribution in [0.3, 0.4) is 0 Å². The number of anilines is 2. The normalized spacial score (nSPS) is 14.9. The summed E-state index contributed by atoms with van der Waals surface area (Å²) in [6.45, 7) is 2.26. The van der Waals surface area contributed by atoms with Gasteiger partial charge in [0.2, 0.25) is 0 Å². The smallest absolute Gasteiger partial charge is 0.265 e. The highest BCUT2D eigenvalue weighted by Gasteiger charge is 2.28. The van der Waals surface area contributed by atoms with E-state index in [1.54, 1.807) is 43.2 Å². The predicted molar refractivity (Wildman–Crippen MR) is 111 cm³/mol. The van der Waals surface area contributed by atoms with E-state index in [2.05, 4.69) is 9.71 Å². The Bertz CT molecular complexity index is 1160. The minimum atomic E-state index is -3.95. The Kier molecular flexibility index (Phi) is 4.86. The summed E-state index contributed by atoms with van der Waals surface area (Å²) in [6.07, 6.45) is -0.0156. The maximum atomic E-state index is 13.0. The first-order valence-electron chi connectivity index (χ1n) is 8.53. The van der Waals surface area contributed by atoms with Crippen molar-refractivity contribution in [2.75, 3.05) is 23.3 Å². The molecule has 0 bridgehead atoms. The number of halogens is 1. The number of hydrogen-bond donors (Lipinski definition) is 2. The van der Waals surface area contributed by atoms with E-state index in [0.29, 0.717) is 29.9 Å². The number of methoxy groups -OCH3 is 1. The summed E-state index contributed by atoms with van der Waals surface area (Å²) in [6, 6.07) is 8.49. The molecule has 2 N–H and O–H groups in total. The fourth-order valence-corrected chi connectivity index (χ4v) is 5.95. The van der Waals surface area contributed by atoms with Gasteiger partial charge in [-0.15, -0.1) is 0 Å². The van der Waals surface area contributed by atoms with Crippen molar-refractivity contribution in [3.63, 3.8) is 0 Å². The number of fused-ring (bicyclic) bond motifs is 2. The molecule has 148 valence electrons. The van der Waals surface area contributed by atoms with Crippen LogP contribution in [0.1, 0.15) is 12.5 Å². The zero-order valence-electron chi connectivity index (χ0n) is 15.1. The van der Waals surface area contributed by atoms with E-state index in [9.17, 15) is 13.5 Å². The van der Waals surface area contributed by atoms with Crippen LogP contribution in [0.4, 0.5) is 10.8 Å². The quantitative estimate of drug-likeness (QED) is 0.632. The highest BCUT2D eigenvalue weighted by molar-refractivity contribution is 7.93. The Balaban J connectivity index is 1.70. The molecule has 1 aliphatic rings. The maximum Gasteiger partial charge on any atom is 0.265 e. The number of aliphatic hydroxyl groups excluding tert-OH is 1. The minimum absolute atomic E-state index is 0.0442. The summed E-state index contributed by atoms with van der Waals surface area (Å²) in [5.74, 6) is 0.672. The summed E-state index contributed by atoms with van der Waals surface area (Å²) in [5.41, 5.74) is 2.26. The maximum absolute atomic E-state index is 13.0. The van der Waals surface area contributed by atoms with Gasteiger partial charge in [-0.2, -0.15) is 0 Å². The number of nitrogens with one attached hydrogen (secondary N) is 1. The average Bonchev–Trinajstić information content (AvgIpc) is 3.22. The summed E-state index contributed by atoms with van der Waals surface area (Å²) >= 11 is 7.48. The molecule has 28 heavy (non-hydrogen) atoms. The first-order valence-corrected chi connectivity index (χ1v) is 11.2. The monoisotopic (exact) mass is 439 g/mol. The second kappa shape index (κ2) is 7.07. The van der Waals surface area contributed by atoms with Crippen molar-refractivity contribution in [3.05, 3.63) is 40.9 Å². The molecular weight excluding hydrogens is 422 g/mol. The third-order valence-corrected chi connectivity index (χ3v) is 7.49. The standard InChI is InChI=1S/C18H18ClN3O4S2/c1-10(23)22-6-5-11-7-13(19)17(9-15(11)22)28(24,25)21-18-20-14-4-3-12(26-2)8-16(14)27-18/h3-4,7-10,23H,5-6H2,1-2H3,(H,20,21). The van der Waals surface area contributed by atoms with E-state index in [1.807, 2.05) is 0 Å². The summed E-state index contributed by atoms with van der Waals surface area (Å²) in [5, 5.41) is 10.3. The van der Waals surface area contributed by atoms with E-state index < -0.39 is 16.3 Å². The van der Waals surface area contributed by atoms with E-state index in [1.165, 1.54) is 17.4 Å². The lowest BCUT2D eigenvalue weighted by Crippen LogP contribution is -2.30. The van der Waals surface area contributed by atoms with E-state index in [-0.39, 0.29) is 15.0 Å². The fraction of sp³-hybridized carbons (Fsp3) is 0.278. The van der Waals surface area contributed by atoms with Gasteiger partial charge in [0.25, 0.3) is 10.0 Å². The van der Waals surface area contributed by atoms with Gasteiger partial charge in [-0.3, -0.25) is 4.72 Å². The van der Waals surface area contributed by atoms with Gasteiger partial charge >= 0.3 is 0 Å². The number of aliphatic hydroxyl groups is 1. The van der Waals surface area contributed by atoms with Gasteiger partial charge in [0, 0.05) is 12.2 Å². The van der Waals surface area contributed by atoms with Crippen molar-refractivity contribution >= 4 is 54.0 Å². The number of hydrogen-bond acceptors (Lipinski definition) is 7. The molecule has 2 heterocycles. The number of sulfonamides is 1. The number of benzene rings is 2. The molecule has 1 unspecified atom stereocenters. The molecule has 0 aliphatic carbocycles. The van der Waals surface area contributed by atoms with Gasteiger partial charge in [0.1, 0.15) is 16.9 Å². The Hall–Kier alpha value is -2.07. The van der Waals surface area contributed by atoms with Gasteiger partial charge in [0.05, 0.1) is 22.3 Å². The van der Waals surface area contributed by atoms with Crippen LogP contribution in [0, 0.1) is 0 Å². The highest BCUT2D eigenvalue weighted by Crippen LogP contribution is 2.37. The van der Waals surface area contributed by atoms with Crippen LogP contribution in [-0.4, -0.2) is 38.4 Å². The molecule has 0 spiro atoms. The summed E-state index contributed by atoms with van der Waals surface area (Å²) in [4.78, 5) is 6.02. The number of ether oxygens (including phenoxy) is 1. The first-order chi connectivity index (χ1) is 13.3. The summed E-state index contributed by atoms with van der Waals surface area (Å²) in [7, 11) is -2.38. The molecule has 0 saturated carbocycles. The van der Waals surface area contributed by atoms with Gasteiger partial charge in [-0.1, -0.05) is 22.9 Å². The molecule has 1 atom stereocenters. The second-order valence-corrected chi connectivity index (χ2v) is 9.53. The van der Waals surface area contributed by atoms with Crippen molar-refractivity contribution in [1.29, 1.82) is 0 Å². The van der Waals surface area contributed by atoms with Gasteiger partial charge in [-0.05, 0) is 49.2 Å². The molecule has 10 heteroatoms. The molecule has 0 fully saturated rings. The SMILES string of the molecule is COc1ccc2nc(NS(=O)(=O)c3cc4c(cc3Cl)CCN4C(C)O)sc2c1. The molecule has 7 nitrogen and oxygen atoms in total. The minimum Gasteiger partial charge on any atom is -0.497 e. The van der Waals surface area contributed by atoms with Crippen LogP contribution in [0.15, 0.2) is 35.2 Å². The second-order valence-electron chi connectivity index (χ2n) is 6.44. The van der Waals surface area contributed by atoms with E-state index >= 15 is 0 Å². The van der Waals surface area contributed by atoms with Crippen LogP contribution in [0.2, 0.25) is 5.02 Å². The predicted octanol–water partition coefficient (Wildman–Crippen LogP) is 3.46. The van der Waals surface area contributed by atoms with Crippen molar-refractivity contribution in [1.82, 2.24) is 4.98 Å². The lowest BCUT2D eigenvalue weighted by molar-refractivity contribution is 0.191. The molecule has 0 radical (unpaired) electrons. The van der Waals surface area contributed by atoms with Crippen molar-refractivity contribution in [2.24, 2.45) is 0 Å². The molecule has 3 aromatic rings. The van der Waals surface area contributed by atoms with Crippen LogP contribution >= 0.6 is 22.9 Å². The Morgan fingerprint density at radius 1 is 1.36 bits per heavy atom. The third kappa shape index (κ3) is 3.39. The number of thiazole rings is 1. The molecular formula is C18H18ClN3O4S2. The number of aromatic nitrogens is 1. The van der Waals surface area contributed by atoms with E-state index in [0.717, 1.165) is 10.3 Å². The van der Waals surface area contributed by atoms with Gasteiger partial charge in [0.15, 0.2) is 5.13 Å². The van der Waals surface area contributed by atoms with Crippen LogP contribution in [0.5, 0.6) is 5.75 Å². The average molecular weight is 440 g/mol. The topological polar surface area (TPSA) is 91.8 Å². The number of rotatable bonds is 5. The number of nitrogens with zero attached hydrogens (tertiary/aromatic N) is 2.